The van der Waals surface area contributed by atoms with E-state index in [1.807, 2.05) is 0 Å². The van der Waals surface area contributed by atoms with Gasteiger partial charge in [0.1, 0.15) is 5.56 Å². The van der Waals surface area contributed by atoms with Crippen molar-refractivity contribution in [1.29, 1.82) is 0 Å². The van der Waals surface area contributed by atoms with Crippen molar-refractivity contribution in [2.24, 2.45) is 5.92 Å². The number of hydrogen-bond donors (Lipinski definition) is 3. The Labute approximate surface area is 118 Å². The number of H-pyrrole nitrogens is 1. The fourth-order valence-electron chi connectivity index (χ4n) is 2.70. The lowest BCUT2D eigenvalue weighted by atomic mass is 9.77. The van der Waals surface area contributed by atoms with Gasteiger partial charge in [-0.15, -0.1) is 0 Å². The fraction of sp³-hybridized carbons (Fsp3) is 0.600. The molecule has 0 aliphatic heterocycles. The van der Waals surface area contributed by atoms with E-state index in [4.69, 9.17) is 0 Å². The van der Waals surface area contributed by atoms with Crippen LogP contribution in [0.3, 0.4) is 0 Å². The van der Waals surface area contributed by atoms with Crippen molar-refractivity contribution in [3.63, 3.8) is 0 Å². The molecular weight excluding hydrogens is 256 g/mol. The van der Waals surface area contributed by atoms with Crippen LogP contribution in [0.25, 0.3) is 0 Å². The molecule has 1 heterocycles. The van der Waals surface area contributed by atoms with Crippen molar-refractivity contribution in [2.45, 2.75) is 45.1 Å². The molecule has 0 unspecified atom stereocenters. The van der Waals surface area contributed by atoms with E-state index in [0.717, 1.165) is 31.4 Å². The van der Waals surface area contributed by atoms with Gasteiger partial charge in [-0.25, -0.2) is 0 Å². The third-order valence-electron chi connectivity index (χ3n) is 4.21. The zero-order chi connectivity index (χ0) is 14.8. The Hall–Kier alpha value is -1.62. The Morgan fingerprint density at radius 2 is 2.15 bits per heavy atom. The summed E-state index contributed by atoms with van der Waals surface area (Å²) in [5, 5.41) is 12.5. The SMILES string of the molecule is Cc1cc(=O)c(C(=O)NC2(CO)CCC(C)CC2)c[nH]1. The highest BCUT2D eigenvalue weighted by Gasteiger charge is 2.35. The zero-order valence-electron chi connectivity index (χ0n) is 12.0. The van der Waals surface area contributed by atoms with Gasteiger partial charge >= 0.3 is 0 Å². The van der Waals surface area contributed by atoms with Crippen molar-refractivity contribution in [2.75, 3.05) is 6.61 Å². The van der Waals surface area contributed by atoms with Crippen LogP contribution >= 0.6 is 0 Å². The highest BCUT2D eigenvalue weighted by atomic mass is 16.3. The molecule has 1 fully saturated rings. The maximum atomic E-state index is 12.2. The minimum atomic E-state index is -0.582. The number of rotatable bonds is 3. The molecule has 5 nitrogen and oxygen atoms in total. The number of aliphatic hydroxyl groups excluding tert-OH is 1. The molecule has 1 amide bonds. The molecule has 1 aromatic rings. The Kier molecular flexibility index (Phi) is 4.28. The zero-order valence-corrected chi connectivity index (χ0v) is 12.0. The molecule has 0 bridgehead atoms. The monoisotopic (exact) mass is 278 g/mol. The number of carbonyl (C=O) groups is 1. The fourth-order valence-corrected chi connectivity index (χ4v) is 2.70. The second kappa shape index (κ2) is 5.79. The van der Waals surface area contributed by atoms with Gasteiger partial charge in [-0.05, 0) is 38.5 Å². The highest BCUT2D eigenvalue weighted by Crippen LogP contribution is 2.31. The number of hydrogen-bond acceptors (Lipinski definition) is 3. The van der Waals surface area contributed by atoms with Gasteiger partial charge in [-0.2, -0.15) is 0 Å². The Morgan fingerprint density at radius 1 is 1.50 bits per heavy atom. The van der Waals surface area contributed by atoms with E-state index < -0.39 is 11.4 Å². The van der Waals surface area contributed by atoms with Crippen LogP contribution in [0.4, 0.5) is 0 Å². The highest BCUT2D eigenvalue weighted by molar-refractivity contribution is 5.94. The molecule has 0 radical (unpaired) electrons. The number of aromatic amines is 1. The van der Waals surface area contributed by atoms with Crippen LogP contribution in [0.1, 0.15) is 48.7 Å². The van der Waals surface area contributed by atoms with Crippen LogP contribution in [-0.2, 0) is 0 Å². The van der Waals surface area contributed by atoms with E-state index >= 15 is 0 Å². The van der Waals surface area contributed by atoms with Gasteiger partial charge in [0, 0.05) is 18.0 Å². The standard InChI is InChI=1S/C15H22N2O3/c1-10-3-5-15(9-18,6-4-10)17-14(20)12-8-16-11(2)7-13(12)19/h7-8,10,18H,3-6,9H2,1-2H3,(H,16,19)(H,17,20). The van der Waals surface area contributed by atoms with Crippen LogP contribution in [0.5, 0.6) is 0 Å². The Bertz CT molecular complexity index is 542. The van der Waals surface area contributed by atoms with Crippen LogP contribution in [0, 0.1) is 12.8 Å². The maximum absolute atomic E-state index is 12.2. The number of carbonyl (C=O) groups excluding carboxylic acids is 1. The first kappa shape index (κ1) is 14.8. The normalized spacial score (nSPS) is 26.2. The molecule has 1 saturated carbocycles. The summed E-state index contributed by atoms with van der Waals surface area (Å²) in [6, 6.07) is 1.41. The molecule has 20 heavy (non-hydrogen) atoms. The van der Waals surface area contributed by atoms with Gasteiger partial charge in [0.2, 0.25) is 0 Å². The van der Waals surface area contributed by atoms with Crippen LogP contribution in [0.15, 0.2) is 17.1 Å². The third-order valence-corrected chi connectivity index (χ3v) is 4.21. The minimum Gasteiger partial charge on any atom is -0.394 e. The molecule has 5 heteroatoms. The maximum Gasteiger partial charge on any atom is 0.257 e. The van der Waals surface area contributed by atoms with Gasteiger partial charge in [0.25, 0.3) is 5.91 Å². The Morgan fingerprint density at radius 3 is 2.70 bits per heavy atom. The van der Waals surface area contributed by atoms with Gasteiger partial charge < -0.3 is 15.4 Å². The molecule has 0 spiro atoms. The van der Waals surface area contributed by atoms with Crippen molar-refractivity contribution in [1.82, 2.24) is 10.3 Å². The average Bonchev–Trinajstić information content (AvgIpc) is 2.41. The summed E-state index contributed by atoms with van der Waals surface area (Å²) in [4.78, 5) is 26.9. The van der Waals surface area contributed by atoms with Gasteiger partial charge in [-0.3, -0.25) is 9.59 Å². The third kappa shape index (κ3) is 3.10. The smallest absolute Gasteiger partial charge is 0.257 e. The largest absolute Gasteiger partial charge is 0.394 e. The lowest BCUT2D eigenvalue weighted by Gasteiger charge is -2.38. The molecule has 0 atom stereocenters. The van der Waals surface area contributed by atoms with E-state index in [0.29, 0.717) is 5.92 Å². The van der Waals surface area contributed by atoms with E-state index in [9.17, 15) is 14.7 Å². The summed E-state index contributed by atoms with van der Waals surface area (Å²) in [5.41, 5.74) is -0.0611. The second-order valence-electron chi connectivity index (χ2n) is 5.97. The summed E-state index contributed by atoms with van der Waals surface area (Å²) in [6.45, 7) is 3.85. The first-order valence-electron chi connectivity index (χ1n) is 7.08. The molecule has 1 aliphatic carbocycles. The summed E-state index contributed by atoms with van der Waals surface area (Å²) >= 11 is 0. The van der Waals surface area contributed by atoms with Crippen molar-refractivity contribution in [3.8, 4) is 0 Å². The molecule has 0 aromatic carbocycles. The molecule has 2 rings (SSSR count). The van der Waals surface area contributed by atoms with Crippen molar-refractivity contribution < 1.29 is 9.90 Å². The average molecular weight is 278 g/mol. The second-order valence-corrected chi connectivity index (χ2v) is 5.97. The topological polar surface area (TPSA) is 82.2 Å². The Balaban J connectivity index is 2.15. The summed E-state index contributed by atoms with van der Waals surface area (Å²) in [7, 11) is 0. The van der Waals surface area contributed by atoms with Gasteiger partial charge in [-0.1, -0.05) is 6.92 Å². The van der Waals surface area contributed by atoms with Crippen molar-refractivity contribution >= 4 is 5.91 Å². The first-order chi connectivity index (χ1) is 9.46. The summed E-state index contributed by atoms with van der Waals surface area (Å²) < 4.78 is 0. The van der Waals surface area contributed by atoms with E-state index in [1.54, 1.807) is 6.92 Å². The lowest BCUT2D eigenvalue weighted by Crippen LogP contribution is -2.54. The van der Waals surface area contributed by atoms with Crippen LogP contribution in [0.2, 0.25) is 0 Å². The number of aromatic nitrogens is 1. The number of aliphatic hydroxyl groups is 1. The molecule has 0 saturated heterocycles. The van der Waals surface area contributed by atoms with E-state index in [2.05, 4.69) is 17.2 Å². The lowest BCUT2D eigenvalue weighted by molar-refractivity contribution is 0.0716. The number of pyridine rings is 1. The molecule has 1 aliphatic rings. The number of amides is 1. The number of aryl methyl sites for hydroxylation is 1. The van der Waals surface area contributed by atoms with Crippen molar-refractivity contribution in [3.05, 3.63) is 33.7 Å². The molecular formula is C15H22N2O3. The van der Waals surface area contributed by atoms with Crippen LogP contribution in [-0.4, -0.2) is 28.1 Å². The molecule has 110 valence electrons. The van der Waals surface area contributed by atoms with Crippen LogP contribution < -0.4 is 10.7 Å². The summed E-state index contributed by atoms with van der Waals surface area (Å²) in [5.74, 6) is 0.212. The van der Waals surface area contributed by atoms with Gasteiger partial charge in [0.15, 0.2) is 5.43 Å². The quantitative estimate of drug-likeness (QED) is 0.780. The predicted octanol–water partition coefficient (Wildman–Crippen LogP) is 1.35. The van der Waals surface area contributed by atoms with Gasteiger partial charge in [0.05, 0.1) is 12.1 Å². The van der Waals surface area contributed by atoms with E-state index in [-0.39, 0.29) is 17.6 Å². The molecule has 3 N–H and O–H groups in total. The molecule has 1 aromatic heterocycles. The number of nitrogens with one attached hydrogen (secondary N) is 2. The minimum absolute atomic E-state index is 0.0881. The van der Waals surface area contributed by atoms with E-state index in [1.165, 1.54) is 12.3 Å². The predicted molar refractivity (Wildman–Crippen MR) is 76.7 cm³/mol. The summed E-state index contributed by atoms with van der Waals surface area (Å²) in [6.07, 6.45) is 4.89. The first-order valence-corrected chi connectivity index (χ1v) is 7.08.